The molecule has 2 aliphatic rings. The molecule has 156 valence electrons. The lowest BCUT2D eigenvalue weighted by Gasteiger charge is -2.38. The van der Waals surface area contributed by atoms with Gasteiger partial charge in [0.05, 0.1) is 25.4 Å². The average Bonchev–Trinajstić information content (AvgIpc) is 2.95. The first-order valence-electron chi connectivity index (χ1n) is 10.2. The Kier molecular flexibility index (Phi) is 5.58. The van der Waals surface area contributed by atoms with Crippen LogP contribution in [0.2, 0.25) is 0 Å². The van der Waals surface area contributed by atoms with E-state index < -0.39 is 0 Å². The lowest BCUT2D eigenvalue weighted by Crippen LogP contribution is -2.44. The zero-order chi connectivity index (χ0) is 20.7. The van der Waals surface area contributed by atoms with Gasteiger partial charge in [-0.1, -0.05) is 13.8 Å². The van der Waals surface area contributed by atoms with Crippen LogP contribution in [-0.4, -0.2) is 52.3 Å². The Morgan fingerprint density at radius 2 is 2.07 bits per heavy atom. The van der Waals surface area contributed by atoms with E-state index in [2.05, 4.69) is 45.0 Å². The van der Waals surface area contributed by atoms with Gasteiger partial charge in [0.15, 0.2) is 0 Å². The van der Waals surface area contributed by atoms with Crippen LogP contribution in [0.1, 0.15) is 59.1 Å². The summed E-state index contributed by atoms with van der Waals surface area (Å²) < 4.78 is 6.98. The van der Waals surface area contributed by atoms with Crippen molar-refractivity contribution >= 4 is 11.8 Å². The summed E-state index contributed by atoms with van der Waals surface area (Å²) in [6, 6.07) is -0.0868. The van der Waals surface area contributed by atoms with Crippen LogP contribution in [-0.2, 0) is 20.9 Å². The molecule has 3 rings (SSSR count). The number of methoxy groups -OCH3 is 1. The van der Waals surface area contributed by atoms with Gasteiger partial charge >= 0.3 is 0 Å². The van der Waals surface area contributed by atoms with Crippen molar-refractivity contribution in [3.8, 4) is 0 Å². The van der Waals surface area contributed by atoms with E-state index in [1.54, 1.807) is 7.11 Å². The quantitative estimate of drug-likeness (QED) is 0.776. The van der Waals surface area contributed by atoms with Crippen LogP contribution in [0, 0.1) is 17.3 Å². The summed E-state index contributed by atoms with van der Waals surface area (Å²) in [6.45, 7) is 12.2. The maximum atomic E-state index is 12.9. The molecule has 0 radical (unpaired) electrons. The second-order valence-corrected chi connectivity index (χ2v) is 9.86. The summed E-state index contributed by atoms with van der Waals surface area (Å²) in [5.74, 6) is 0.380. The molecule has 0 unspecified atom stereocenters. The minimum Gasteiger partial charge on any atom is -0.383 e. The van der Waals surface area contributed by atoms with Crippen molar-refractivity contribution in [2.45, 2.75) is 65.6 Å². The number of ether oxygens (including phenoxy) is 1. The van der Waals surface area contributed by atoms with Gasteiger partial charge in [0, 0.05) is 49.2 Å². The number of amides is 2. The zero-order valence-corrected chi connectivity index (χ0v) is 18.0. The van der Waals surface area contributed by atoms with Gasteiger partial charge in [0.2, 0.25) is 11.8 Å². The molecule has 1 aromatic rings. The molecule has 0 aromatic carbocycles. The molecule has 1 aliphatic carbocycles. The summed E-state index contributed by atoms with van der Waals surface area (Å²) in [5.41, 5.74) is 0.825. The molecular weight excluding hydrogens is 356 g/mol. The minimum atomic E-state index is -0.298. The van der Waals surface area contributed by atoms with Gasteiger partial charge in [-0.15, -0.1) is 0 Å². The van der Waals surface area contributed by atoms with Crippen molar-refractivity contribution in [2.75, 3.05) is 20.3 Å². The van der Waals surface area contributed by atoms with Crippen LogP contribution in [0.5, 0.6) is 0 Å². The van der Waals surface area contributed by atoms with E-state index in [1.807, 2.05) is 22.0 Å². The minimum absolute atomic E-state index is 0.0395. The first-order chi connectivity index (χ1) is 13.0. The molecule has 2 heterocycles. The fourth-order valence-electron chi connectivity index (χ4n) is 4.31. The summed E-state index contributed by atoms with van der Waals surface area (Å²) in [4.78, 5) is 27.3. The predicted molar refractivity (Wildman–Crippen MR) is 106 cm³/mol. The molecular formula is C21H34N4O3. The number of nitrogens with zero attached hydrogens (tertiary/aromatic N) is 3. The largest absolute Gasteiger partial charge is 0.383 e. The van der Waals surface area contributed by atoms with Gasteiger partial charge in [0.25, 0.3) is 0 Å². The topological polar surface area (TPSA) is 76.5 Å². The van der Waals surface area contributed by atoms with Crippen molar-refractivity contribution < 1.29 is 14.3 Å². The summed E-state index contributed by atoms with van der Waals surface area (Å²) in [7, 11) is 1.67. The standard InChI is InChI=1S/C21H34N4O3/c1-20(2,3)25-17(26)9-14(11-22-19(27)16-10-21(16,4)5)18(25)15-12-23-24(13-15)7-8-28-6/h12-14,16,18H,7-11H2,1-6H3,(H,22,27)/t14-,16+,18+/m0/s1. The lowest BCUT2D eigenvalue weighted by molar-refractivity contribution is -0.133. The fraction of sp³-hybridized carbons (Fsp3) is 0.762. The van der Waals surface area contributed by atoms with E-state index in [0.29, 0.717) is 26.1 Å². The van der Waals surface area contributed by atoms with Gasteiger partial charge < -0.3 is 15.0 Å². The van der Waals surface area contributed by atoms with Crippen molar-refractivity contribution in [2.24, 2.45) is 17.3 Å². The summed E-state index contributed by atoms with van der Waals surface area (Å²) >= 11 is 0. The van der Waals surface area contributed by atoms with Crippen LogP contribution in [0.4, 0.5) is 0 Å². The number of hydrogen-bond donors (Lipinski definition) is 1. The second-order valence-electron chi connectivity index (χ2n) is 9.86. The predicted octanol–water partition coefficient (Wildman–Crippen LogP) is 2.38. The molecule has 2 fully saturated rings. The Labute approximate surface area is 167 Å². The van der Waals surface area contributed by atoms with Crippen LogP contribution in [0.25, 0.3) is 0 Å². The number of carbonyl (C=O) groups is 2. The number of nitrogens with one attached hydrogen (secondary N) is 1. The Hall–Kier alpha value is -1.89. The van der Waals surface area contributed by atoms with E-state index >= 15 is 0 Å². The first-order valence-corrected chi connectivity index (χ1v) is 10.2. The molecule has 0 bridgehead atoms. The van der Waals surface area contributed by atoms with Crippen molar-refractivity contribution in [3.05, 3.63) is 18.0 Å². The highest BCUT2D eigenvalue weighted by molar-refractivity contribution is 5.83. The second kappa shape index (κ2) is 7.50. The van der Waals surface area contributed by atoms with E-state index in [0.717, 1.165) is 12.0 Å². The molecule has 1 aliphatic heterocycles. The number of rotatable bonds is 7. The molecule has 3 atom stereocenters. The Morgan fingerprint density at radius 3 is 2.64 bits per heavy atom. The van der Waals surface area contributed by atoms with Crippen LogP contribution in [0.3, 0.4) is 0 Å². The number of likely N-dealkylation sites (tertiary alicyclic amines) is 1. The third-order valence-electron chi connectivity index (χ3n) is 6.04. The normalized spacial score (nSPS) is 26.6. The molecule has 1 saturated carbocycles. The summed E-state index contributed by atoms with van der Waals surface area (Å²) in [6.07, 6.45) is 5.22. The van der Waals surface area contributed by atoms with Gasteiger partial charge in [-0.3, -0.25) is 14.3 Å². The van der Waals surface area contributed by atoms with E-state index in [9.17, 15) is 9.59 Å². The summed E-state index contributed by atoms with van der Waals surface area (Å²) in [5, 5.41) is 7.55. The molecule has 1 N–H and O–H groups in total. The van der Waals surface area contributed by atoms with Crippen LogP contribution >= 0.6 is 0 Å². The zero-order valence-electron chi connectivity index (χ0n) is 18.0. The smallest absolute Gasteiger partial charge is 0.223 e. The van der Waals surface area contributed by atoms with Gasteiger partial charge in [-0.2, -0.15) is 5.10 Å². The monoisotopic (exact) mass is 390 g/mol. The Morgan fingerprint density at radius 1 is 1.39 bits per heavy atom. The van der Waals surface area contributed by atoms with E-state index in [-0.39, 0.29) is 40.6 Å². The molecule has 7 nitrogen and oxygen atoms in total. The lowest BCUT2D eigenvalue weighted by atomic mass is 9.93. The number of carbonyl (C=O) groups excluding carboxylic acids is 2. The number of aromatic nitrogens is 2. The van der Waals surface area contributed by atoms with Gasteiger partial charge in [-0.25, -0.2) is 0 Å². The van der Waals surface area contributed by atoms with E-state index in [4.69, 9.17) is 4.74 Å². The molecule has 1 aromatic heterocycles. The third-order valence-corrected chi connectivity index (χ3v) is 6.04. The Bertz CT molecular complexity index is 734. The maximum absolute atomic E-state index is 12.9. The number of hydrogen-bond acceptors (Lipinski definition) is 4. The van der Waals surface area contributed by atoms with Gasteiger partial charge in [-0.05, 0) is 32.6 Å². The Balaban J connectivity index is 1.76. The highest BCUT2D eigenvalue weighted by Gasteiger charge is 2.51. The highest BCUT2D eigenvalue weighted by Crippen LogP contribution is 2.51. The van der Waals surface area contributed by atoms with Crippen molar-refractivity contribution in [3.63, 3.8) is 0 Å². The fourth-order valence-corrected chi connectivity index (χ4v) is 4.31. The van der Waals surface area contributed by atoms with Crippen molar-refractivity contribution in [1.82, 2.24) is 20.0 Å². The average molecular weight is 391 g/mol. The van der Waals surface area contributed by atoms with Crippen molar-refractivity contribution in [1.29, 1.82) is 0 Å². The SMILES string of the molecule is COCCn1cc([C@H]2[C@H](CNC(=O)[C@H]3CC3(C)C)CC(=O)N2C(C)(C)C)cn1. The molecule has 7 heteroatoms. The van der Waals surface area contributed by atoms with Crippen LogP contribution in [0.15, 0.2) is 12.4 Å². The highest BCUT2D eigenvalue weighted by atomic mass is 16.5. The molecule has 0 spiro atoms. The maximum Gasteiger partial charge on any atom is 0.223 e. The van der Waals surface area contributed by atoms with Crippen LogP contribution < -0.4 is 5.32 Å². The van der Waals surface area contributed by atoms with Gasteiger partial charge in [0.1, 0.15) is 0 Å². The molecule has 28 heavy (non-hydrogen) atoms. The first kappa shape index (κ1) is 20.8. The third kappa shape index (κ3) is 4.24. The molecule has 2 amide bonds. The molecule has 1 saturated heterocycles. The van der Waals surface area contributed by atoms with E-state index in [1.165, 1.54) is 0 Å².